The number of carboxylic acids is 1. The molecule has 2 aromatic rings. The molecule has 1 aromatic heterocycles. The monoisotopic (exact) mass is 247 g/mol. The first-order chi connectivity index (χ1) is 8.16. The van der Waals surface area contributed by atoms with Gasteiger partial charge >= 0.3 is 5.97 Å². The van der Waals surface area contributed by atoms with Gasteiger partial charge in [-0.3, -0.25) is 0 Å². The Kier molecular flexibility index (Phi) is 3.30. The molecule has 0 aliphatic heterocycles. The summed E-state index contributed by atoms with van der Waals surface area (Å²) in [5.41, 5.74) is 1.19. The lowest BCUT2D eigenvalue weighted by Gasteiger charge is -1.99. The smallest absolute Gasteiger partial charge is 0.352 e. The Morgan fingerprint density at radius 1 is 1.24 bits per heavy atom. The molecule has 0 aliphatic rings. The van der Waals surface area contributed by atoms with Crippen molar-refractivity contribution in [1.82, 2.24) is 4.57 Å². The molecule has 0 unspecified atom stereocenters. The number of nitrogens with zero attached hydrogens (tertiary/aromatic N) is 1. The van der Waals surface area contributed by atoms with Crippen LogP contribution in [0, 0.1) is 0 Å². The van der Waals surface area contributed by atoms with E-state index in [0.29, 0.717) is 5.02 Å². The van der Waals surface area contributed by atoms with Gasteiger partial charge in [-0.15, -0.1) is 0 Å². The summed E-state index contributed by atoms with van der Waals surface area (Å²) >= 11 is 5.77. The van der Waals surface area contributed by atoms with E-state index in [4.69, 9.17) is 16.7 Å². The van der Waals surface area contributed by atoms with Crippen molar-refractivity contribution >= 4 is 29.8 Å². The molecule has 0 fully saturated rings. The molecular formula is C13H10ClNO2. The van der Waals surface area contributed by atoms with Crippen molar-refractivity contribution in [3.63, 3.8) is 0 Å². The van der Waals surface area contributed by atoms with Gasteiger partial charge in [-0.25, -0.2) is 4.79 Å². The third-order valence-electron chi connectivity index (χ3n) is 2.30. The molecule has 86 valence electrons. The second kappa shape index (κ2) is 4.89. The summed E-state index contributed by atoms with van der Waals surface area (Å²) in [6.45, 7) is 0. The van der Waals surface area contributed by atoms with Gasteiger partial charge < -0.3 is 9.67 Å². The van der Waals surface area contributed by atoms with Crippen LogP contribution in [0.3, 0.4) is 0 Å². The molecule has 17 heavy (non-hydrogen) atoms. The minimum absolute atomic E-state index is 0.232. The van der Waals surface area contributed by atoms with Crippen LogP contribution in [-0.2, 0) is 0 Å². The van der Waals surface area contributed by atoms with Crippen LogP contribution in [0.1, 0.15) is 16.1 Å². The van der Waals surface area contributed by atoms with Crippen LogP contribution >= 0.6 is 11.6 Å². The van der Waals surface area contributed by atoms with Gasteiger partial charge in [-0.2, -0.15) is 0 Å². The number of aromatic nitrogens is 1. The molecule has 0 radical (unpaired) electrons. The van der Waals surface area contributed by atoms with Crippen LogP contribution < -0.4 is 0 Å². The first-order valence-electron chi connectivity index (χ1n) is 5.01. The van der Waals surface area contributed by atoms with Gasteiger partial charge in [0.15, 0.2) is 0 Å². The van der Waals surface area contributed by atoms with Crippen molar-refractivity contribution in [2.45, 2.75) is 0 Å². The second-order valence-corrected chi connectivity index (χ2v) is 3.91. The van der Waals surface area contributed by atoms with Gasteiger partial charge in [-0.05, 0) is 35.9 Å². The highest BCUT2D eigenvalue weighted by molar-refractivity contribution is 6.30. The molecule has 0 spiro atoms. The van der Waals surface area contributed by atoms with E-state index in [0.717, 1.165) is 5.56 Å². The zero-order chi connectivity index (χ0) is 12.3. The molecule has 0 atom stereocenters. The van der Waals surface area contributed by atoms with Gasteiger partial charge in [0.25, 0.3) is 0 Å². The Labute approximate surface area is 104 Å². The van der Waals surface area contributed by atoms with Crippen LogP contribution in [0.15, 0.2) is 42.6 Å². The predicted octanol–water partition coefficient (Wildman–Crippen LogP) is 3.47. The summed E-state index contributed by atoms with van der Waals surface area (Å²) in [7, 11) is 0. The first-order valence-corrected chi connectivity index (χ1v) is 5.38. The maximum absolute atomic E-state index is 10.9. The zero-order valence-electron chi connectivity index (χ0n) is 8.88. The Hall–Kier alpha value is -2.00. The van der Waals surface area contributed by atoms with Gasteiger partial charge in [0, 0.05) is 17.4 Å². The van der Waals surface area contributed by atoms with Gasteiger partial charge in [-0.1, -0.05) is 23.7 Å². The lowest BCUT2D eigenvalue weighted by molar-refractivity contribution is 0.0689. The van der Waals surface area contributed by atoms with Crippen molar-refractivity contribution in [1.29, 1.82) is 0 Å². The summed E-state index contributed by atoms with van der Waals surface area (Å²) in [5.74, 6) is -0.948. The average molecular weight is 248 g/mol. The maximum atomic E-state index is 10.9. The minimum Gasteiger partial charge on any atom is -0.477 e. The molecule has 1 N–H and O–H groups in total. The Bertz CT molecular complexity index is 555. The number of rotatable bonds is 3. The number of hydrogen-bond acceptors (Lipinski definition) is 1. The lowest BCUT2D eigenvalue weighted by Crippen LogP contribution is -2.01. The number of halogens is 1. The molecule has 3 nitrogen and oxygen atoms in total. The largest absolute Gasteiger partial charge is 0.477 e. The number of hydrogen-bond donors (Lipinski definition) is 1. The number of carbonyl (C=O) groups is 1. The van der Waals surface area contributed by atoms with Gasteiger partial charge in [0.1, 0.15) is 5.69 Å². The van der Waals surface area contributed by atoms with E-state index in [-0.39, 0.29) is 5.69 Å². The fraction of sp³-hybridized carbons (Fsp3) is 0. The third-order valence-corrected chi connectivity index (χ3v) is 2.55. The number of benzene rings is 1. The fourth-order valence-electron chi connectivity index (χ4n) is 1.45. The number of carboxylic acid groups (broad SMARTS) is 1. The molecular weight excluding hydrogens is 238 g/mol. The Morgan fingerprint density at radius 3 is 2.59 bits per heavy atom. The normalized spacial score (nSPS) is 10.9. The molecule has 4 heteroatoms. The van der Waals surface area contributed by atoms with E-state index in [9.17, 15) is 4.79 Å². The van der Waals surface area contributed by atoms with Gasteiger partial charge in [0.05, 0.1) is 0 Å². The van der Waals surface area contributed by atoms with Crippen LogP contribution in [0.4, 0.5) is 0 Å². The topological polar surface area (TPSA) is 42.2 Å². The lowest BCUT2D eigenvalue weighted by atomic mass is 10.2. The quantitative estimate of drug-likeness (QED) is 0.902. The molecule has 1 heterocycles. The van der Waals surface area contributed by atoms with Crippen molar-refractivity contribution in [2.24, 2.45) is 0 Å². The van der Waals surface area contributed by atoms with E-state index in [2.05, 4.69) is 0 Å². The van der Waals surface area contributed by atoms with E-state index in [1.807, 2.05) is 18.2 Å². The summed E-state index contributed by atoms with van der Waals surface area (Å²) < 4.78 is 1.55. The van der Waals surface area contributed by atoms with Crippen LogP contribution in [-0.4, -0.2) is 15.6 Å². The summed E-state index contributed by atoms with van der Waals surface area (Å²) in [5, 5.41) is 9.59. The van der Waals surface area contributed by atoms with E-state index in [1.165, 1.54) is 0 Å². The second-order valence-electron chi connectivity index (χ2n) is 3.47. The van der Waals surface area contributed by atoms with Crippen molar-refractivity contribution in [3.8, 4) is 0 Å². The molecule has 0 saturated heterocycles. The Balaban J connectivity index is 2.23. The fourth-order valence-corrected chi connectivity index (χ4v) is 1.57. The van der Waals surface area contributed by atoms with E-state index >= 15 is 0 Å². The Morgan fingerprint density at radius 2 is 1.94 bits per heavy atom. The molecule has 0 bridgehead atoms. The third kappa shape index (κ3) is 2.77. The zero-order valence-corrected chi connectivity index (χ0v) is 9.63. The minimum atomic E-state index is -0.948. The summed E-state index contributed by atoms with van der Waals surface area (Å²) in [4.78, 5) is 10.9. The predicted molar refractivity (Wildman–Crippen MR) is 68.1 cm³/mol. The summed E-state index contributed by atoms with van der Waals surface area (Å²) in [6, 6.07) is 10.5. The molecule has 2 rings (SSSR count). The van der Waals surface area contributed by atoms with Crippen LogP contribution in [0.25, 0.3) is 12.3 Å². The van der Waals surface area contributed by atoms with Crippen LogP contribution in [0.5, 0.6) is 0 Å². The van der Waals surface area contributed by atoms with Crippen molar-refractivity contribution in [2.75, 3.05) is 0 Å². The van der Waals surface area contributed by atoms with E-state index < -0.39 is 5.97 Å². The highest BCUT2D eigenvalue weighted by Crippen LogP contribution is 2.12. The number of aromatic carboxylic acids is 1. The highest BCUT2D eigenvalue weighted by atomic mass is 35.5. The average Bonchev–Trinajstić information content (AvgIpc) is 2.76. The molecule has 1 aromatic carbocycles. The molecule has 0 aliphatic carbocycles. The van der Waals surface area contributed by atoms with Crippen LogP contribution in [0.2, 0.25) is 5.02 Å². The molecule has 0 saturated carbocycles. The van der Waals surface area contributed by atoms with Gasteiger partial charge in [0.2, 0.25) is 0 Å². The van der Waals surface area contributed by atoms with Crippen molar-refractivity contribution < 1.29 is 9.90 Å². The SMILES string of the molecule is O=C(O)c1cccn1/C=C/c1ccc(Cl)cc1. The van der Waals surface area contributed by atoms with E-state index in [1.54, 1.807) is 41.2 Å². The highest BCUT2D eigenvalue weighted by Gasteiger charge is 2.05. The van der Waals surface area contributed by atoms with Crippen molar-refractivity contribution in [3.05, 3.63) is 58.9 Å². The first kappa shape index (κ1) is 11.5. The molecule has 0 amide bonds. The summed E-state index contributed by atoms with van der Waals surface area (Å²) in [6.07, 6.45) is 5.21. The standard InChI is InChI=1S/C13H10ClNO2/c14-11-5-3-10(4-6-11)7-9-15-8-1-2-12(15)13(16)17/h1-9H,(H,16,17)/b9-7+. The maximum Gasteiger partial charge on any atom is 0.352 e.